The molecule has 0 fully saturated rings. The van der Waals surface area contributed by atoms with Crippen molar-refractivity contribution in [2.24, 2.45) is 5.10 Å². The van der Waals surface area contributed by atoms with E-state index in [0.717, 1.165) is 29.9 Å². The molecule has 0 atom stereocenters. The van der Waals surface area contributed by atoms with Gasteiger partial charge in [-0.15, -0.1) is 0 Å². The molecule has 5 heteroatoms. The molecule has 0 unspecified atom stereocenters. The standard InChI is InChI=1S/C21H26N2O3/c1-15-5-10-20(13-16(15)2)26-14-21(24)23-22-17(3)6-7-18-8-11-19(25-4)12-9-18/h5,8-13H,6-7,14H2,1-4H3,(H,23,24)/b22-17-. The van der Waals surface area contributed by atoms with Crippen molar-refractivity contribution in [1.82, 2.24) is 5.43 Å². The molecule has 26 heavy (non-hydrogen) atoms. The highest BCUT2D eigenvalue weighted by Crippen LogP contribution is 2.16. The highest BCUT2D eigenvalue weighted by molar-refractivity contribution is 5.84. The first kappa shape index (κ1) is 19.5. The number of hydrazone groups is 1. The van der Waals surface area contributed by atoms with Gasteiger partial charge in [0.25, 0.3) is 5.91 Å². The summed E-state index contributed by atoms with van der Waals surface area (Å²) in [5.41, 5.74) is 6.93. The van der Waals surface area contributed by atoms with Gasteiger partial charge in [0.2, 0.25) is 0 Å². The van der Waals surface area contributed by atoms with Crippen LogP contribution in [0.1, 0.15) is 30.0 Å². The summed E-state index contributed by atoms with van der Waals surface area (Å²) in [6.45, 7) is 5.89. The molecule has 0 aliphatic carbocycles. The van der Waals surface area contributed by atoms with Crippen LogP contribution in [0.4, 0.5) is 0 Å². The average molecular weight is 354 g/mol. The molecule has 1 N–H and O–H groups in total. The van der Waals surface area contributed by atoms with Crippen molar-refractivity contribution in [1.29, 1.82) is 0 Å². The Bertz CT molecular complexity index is 767. The van der Waals surface area contributed by atoms with E-state index >= 15 is 0 Å². The molecular formula is C21H26N2O3. The maximum Gasteiger partial charge on any atom is 0.277 e. The Labute approximate surface area is 155 Å². The lowest BCUT2D eigenvalue weighted by Crippen LogP contribution is -2.25. The van der Waals surface area contributed by atoms with Gasteiger partial charge in [-0.1, -0.05) is 18.2 Å². The largest absolute Gasteiger partial charge is 0.497 e. The fourth-order valence-corrected chi connectivity index (χ4v) is 2.32. The van der Waals surface area contributed by atoms with Crippen molar-refractivity contribution in [3.05, 3.63) is 59.2 Å². The van der Waals surface area contributed by atoms with Crippen LogP contribution in [-0.2, 0) is 11.2 Å². The Kier molecular flexibility index (Phi) is 7.21. The molecule has 5 nitrogen and oxygen atoms in total. The van der Waals surface area contributed by atoms with Crippen LogP contribution in [-0.4, -0.2) is 25.3 Å². The van der Waals surface area contributed by atoms with E-state index in [2.05, 4.69) is 10.5 Å². The zero-order chi connectivity index (χ0) is 18.9. The molecule has 2 aromatic rings. The summed E-state index contributed by atoms with van der Waals surface area (Å²) in [4.78, 5) is 11.9. The number of nitrogens with zero attached hydrogens (tertiary/aromatic N) is 1. The first-order valence-corrected chi connectivity index (χ1v) is 8.63. The van der Waals surface area contributed by atoms with Gasteiger partial charge in [0, 0.05) is 5.71 Å². The Morgan fingerprint density at radius 2 is 1.73 bits per heavy atom. The van der Waals surface area contributed by atoms with E-state index in [1.807, 2.05) is 63.2 Å². The van der Waals surface area contributed by atoms with Crippen LogP contribution in [0.5, 0.6) is 11.5 Å². The molecule has 0 saturated heterocycles. The molecule has 138 valence electrons. The topological polar surface area (TPSA) is 59.9 Å². The Morgan fingerprint density at radius 1 is 1.04 bits per heavy atom. The van der Waals surface area contributed by atoms with Crippen LogP contribution >= 0.6 is 0 Å². The summed E-state index contributed by atoms with van der Waals surface area (Å²) in [6.07, 6.45) is 1.62. The lowest BCUT2D eigenvalue weighted by molar-refractivity contribution is -0.123. The molecule has 0 bridgehead atoms. The lowest BCUT2D eigenvalue weighted by Gasteiger charge is -2.08. The third kappa shape index (κ3) is 6.24. The van der Waals surface area contributed by atoms with Crippen molar-refractivity contribution in [2.45, 2.75) is 33.6 Å². The van der Waals surface area contributed by atoms with E-state index in [4.69, 9.17) is 9.47 Å². The molecule has 0 heterocycles. The summed E-state index contributed by atoms with van der Waals surface area (Å²) < 4.78 is 10.6. The Hall–Kier alpha value is -2.82. The predicted octanol–water partition coefficient (Wildman–Crippen LogP) is 3.82. The van der Waals surface area contributed by atoms with Crippen LogP contribution in [0.25, 0.3) is 0 Å². The van der Waals surface area contributed by atoms with Gasteiger partial charge in [0.15, 0.2) is 6.61 Å². The first-order chi connectivity index (χ1) is 12.5. The average Bonchev–Trinajstić information content (AvgIpc) is 2.66. The number of ether oxygens (including phenoxy) is 2. The van der Waals surface area contributed by atoms with Gasteiger partial charge in [-0.3, -0.25) is 4.79 Å². The van der Waals surface area contributed by atoms with E-state index in [1.165, 1.54) is 11.1 Å². The number of hydrogen-bond donors (Lipinski definition) is 1. The number of carbonyl (C=O) groups is 1. The van der Waals surface area contributed by atoms with E-state index < -0.39 is 0 Å². The lowest BCUT2D eigenvalue weighted by atomic mass is 10.1. The van der Waals surface area contributed by atoms with E-state index in [1.54, 1.807) is 7.11 Å². The van der Waals surface area contributed by atoms with Gasteiger partial charge < -0.3 is 9.47 Å². The SMILES string of the molecule is COc1ccc(CC/C(C)=N\NC(=O)COc2ccc(C)c(C)c2)cc1. The third-order valence-corrected chi connectivity index (χ3v) is 4.15. The quantitative estimate of drug-likeness (QED) is 0.579. The molecule has 0 radical (unpaired) electrons. The van der Waals surface area contributed by atoms with Crippen molar-refractivity contribution < 1.29 is 14.3 Å². The smallest absolute Gasteiger partial charge is 0.277 e. The number of amides is 1. The minimum atomic E-state index is -0.271. The summed E-state index contributed by atoms with van der Waals surface area (Å²) in [5.74, 6) is 1.26. The Balaban J connectivity index is 1.74. The fraction of sp³-hybridized carbons (Fsp3) is 0.333. The molecule has 0 saturated carbocycles. The van der Waals surface area contributed by atoms with Crippen molar-refractivity contribution in [3.63, 3.8) is 0 Å². The van der Waals surface area contributed by atoms with Crippen LogP contribution in [0.2, 0.25) is 0 Å². The van der Waals surface area contributed by atoms with E-state index in [0.29, 0.717) is 5.75 Å². The summed E-state index contributed by atoms with van der Waals surface area (Å²) >= 11 is 0. The zero-order valence-electron chi connectivity index (χ0n) is 15.8. The molecule has 0 spiro atoms. The molecule has 0 aliphatic heterocycles. The zero-order valence-corrected chi connectivity index (χ0v) is 15.8. The maximum atomic E-state index is 11.9. The highest BCUT2D eigenvalue weighted by atomic mass is 16.5. The second-order valence-corrected chi connectivity index (χ2v) is 6.26. The number of methoxy groups -OCH3 is 1. The molecule has 0 aromatic heterocycles. The second-order valence-electron chi connectivity index (χ2n) is 6.26. The van der Waals surface area contributed by atoms with Gasteiger partial charge in [-0.2, -0.15) is 5.10 Å². The van der Waals surface area contributed by atoms with E-state index in [-0.39, 0.29) is 12.5 Å². The molecule has 1 amide bonds. The predicted molar refractivity (Wildman–Crippen MR) is 104 cm³/mol. The van der Waals surface area contributed by atoms with Crippen LogP contribution < -0.4 is 14.9 Å². The van der Waals surface area contributed by atoms with Gasteiger partial charge >= 0.3 is 0 Å². The second kappa shape index (κ2) is 9.61. The highest BCUT2D eigenvalue weighted by Gasteiger charge is 2.04. The minimum absolute atomic E-state index is 0.0578. The number of benzene rings is 2. The molecular weight excluding hydrogens is 328 g/mol. The number of carbonyl (C=O) groups excluding carboxylic acids is 1. The number of aryl methyl sites for hydroxylation is 3. The Morgan fingerprint density at radius 3 is 2.38 bits per heavy atom. The molecule has 0 aliphatic rings. The normalized spacial score (nSPS) is 11.2. The third-order valence-electron chi connectivity index (χ3n) is 4.15. The van der Waals surface area contributed by atoms with Gasteiger partial charge in [-0.25, -0.2) is 5.43 Å². The van der Waals surface area contributed by atoms with Crippen molar-refractivity contribution in [3.8, 4) is 11.5 Å². The van der Waals surface area contributed by atoms with Gasteiger partial charge in [0.1, 0.15) is 11.5 Å². The van der Waals surface area contributed by atoms with Gasteiger partial charge in [0.05, 0.1) is 7.11 Å². The van der Waals surface area contributed by atoms with Crippen molar-refractivity contribution in [2.75, 3.05) is 13.7 Å². The minimum Gasteiger partial charge on any atom is -0.497 e. The van der Waals surface area contributed by atoms with E-state index in [9.17, 15) is 4.79 Å². The first-order valence-electron chi connectivity index (χ1n) is 8.63. The summed E-state index contributed by atoms with van der Waals surface area (Å²) in [6, 6.07) is 13.7. The van der Waals surface area contributed by atoms with Crippen LogP contribution in [0.3, 0.4) is 0 Å². The van der Waals surface area contributed by atoms with Gasteiger partial charge in [-0.05, 0) is 74.6 Å². The number of nitrogens with one attached hydrogen (secondary N) is 1. The molecule has 2 aromatic carbocycles. The van der Waals surface area contributed by atoms with Crippen molar-refractivity contribution >= 4 is 11.6 Å². The number of hydrogen-bond acceptors (Lipinski definition) is 4. The summed E-state index contributed by atoms with van der Waals surface area (Å²) in [7, 11) is 1.65. The van der Waals surface area contributed by atoms with Crippen LogP contribution in [0, 0.1) is 13.8 Å². The fourth-order valence-electron chi connectivity index (χ4n) is 2.32. The number of rotatable bonds is 8. The monoisotopic (exact) mass is 354 g/mol. The van der Waals surface area contributed by atoms with Crippen LogP contribution in [0.15, 0.2) is 47.6 Å². The molecule has 2 rings (SSSR count). The summed E-state index contributed by atoms with van der Waals surface area (Å²) in [5, 5.41) is 4.13. The maximum absolute atomic E-state index is 11.9.